The van der Waals surface area contributed by atoms with Gasteiger partial charge in [-0.25, -0.2) is 4.98 Å². The second-order valence-corrected chi connectivity index (χ2v) is 5.92. The first-order valence-electron chi connectivity index (χ1n) is 6.67. The van der Waals surface area contributed by atoms with Crippen LogP contribution in [0.15, 0.2) is 11.4 Å². The van der Waals surface area contributed by atoms with Gasteiger partial charge in [0, 0.05) is 11.9 Å². The first kappa shape index (κ1) is 15.3. The van der Waals surface area contributed by atoms with E-state index in [2.05, 4.69) is 23.4 Å². The molecule has 0 aliphatic carbocycles. The summed E-state index contributed by atoms with van der Waals surface area (Å²) in [6.07, 6.45) is 1.82. The normalized spacial score (nSPS) is 19.4. The highest BCUT2D eigenvalue weighted by atomic mass is 32.2. The third kappa shape index (κ3) is 3.97. The van der Waals surface area contributed by atoms with Crippen molar-refractivity contribution < 1.29 is 19.4 Å². The van der Waals surface area contributed by atoms with E-state index in [0.717, 1.165) is 10.9 Å². The number of carboxylic acids is 1. The standard InChI is InChI=1S/C13H20N2O4S/c1-9(2)11-5-14-13(20-8-12(16)17)15(11)6-10-7-18-3-4-19-10/h5,9-10H,3-4,6-8H2,1-2H3,(H,16,17). The van der Waals surface area contributed by atoms with Crippen LogP contribution >= 0.6 is 11.8 Å². The molecule has 0 radical (unpaired) electrons. The molecule has 1 fully saturated rings. The van der Waals surface area contributed by atoms with Crippen LogP contribution in [0.4, 0.5) is 0 Å². The molecule has 2 rings (SSSR count). The first-order chi connectivity index (χ1) is 9.58. The summed E-state index contributed by atoms with van der Waals surface area (Å²) < 4.78 is 13.1. The second kappa shape index (κ2) is 7.10. The molecule has 0 saturated carbocycles. The number of thioether (sulfide) groups is 1. The summed E-state index contributed by atoms with van der Waals surface area (Å²) >= 11 is 1.24. The number of carbonyl (C=O) groups is 1. The van der Waals surface area contributed by atoms with Crippen molar-refractivity contribution in [3.8, 4) is 0 Å². The number of carboxylic acid groups (broad SMARTS) is 1. The van der Waals surface area contributed by atoms with Gasteiger partial charge in [0.05, 0.1) is 38.2 Å². The summed E-state index contributed by atoms with van der Waals surface area (Å²) in [5.41, 5.74) is 1.09. The first-order valence-corrected chi connectivity index (χ1v) is 7.66. The summed E-state index contributed by atoms with van der Waals surface area (Å²) in [6.45, 7) is 6.65. The SMILES string of the molecule is CC(C)c1cnc(SCC(=O)O)n1CC1COCCO1. The van der Waals surface area contributed by atoms with Crippen LogP contribution in [0.2, 0.25) is 0 Å². The lowest BCUT2D eigenvalue weighted by molar-refractivity contribution is -0.133. The molecule has 2 heterocycles. The lowest BCUT2D eigenvalue weighted by Gasteiger charge is -2.25. The van der Waals surface area contributed by atoms with Crippen LogP contribution in [0.1, 0.15) is 25.5 Å². The molecular formula is C13H20N2O4S. The maximum absolute atomic E-state index is 10.7. The van der Waals surface area contributed by atoms with Gasteiger partial charge in [-0.1, -0.05) is 25.6 Å². The van der Waals surface area contributed by atoms with E-state index in [4.69, 9.17) is 14.6 Å². The van der Waals surface area contributed by atoms with Crippen molar-refractivity contribution in [2.24, 2.45) is 0 Å². The largest absolute Gasteiger partial charge is 0.481 e. The summed E-state index contributed by atoms with van der Waals surface area (Å²) in [5.74, 6) is -0.504. The van der Waals surface area contributed by atoms with Gasteiger partial charge in [0.15, 0.2) is 5.16 Å². The van der Waals surface area contributed by atoms with Crippen molar-refractivity contribution in [3.05, 3.63) is 11.9 Å². The number of ether oxygens (including phenoxy) is 2. The average molecular weight is 300 g/mol. The van der Waals surface area contributed by atoms with Crippen LogP contribution in [0, 0.1) is 0 Å². The molecule has 0 bridgehead atoms. The van der Waals surface area contributed by atoms with Crippen molar-refractivity contribution in [3.63, 3.8) is 0 Å². The molecule has 1 atom stereocenters. The van der Waals surface area contributed by atoms with E-state index in [-0.39, 0.29) is 11.9 Å². The second-order valence-electron chi connectivity index (χ2n) is 4.98. The molecule has 1 aromatic heterocycles. The zero-order valence-electron chi connectivity index (χ0n) is 11.7. The van der Waals surface area contributed by atoms with E-state index in [1.807, 2.05) is 6.20 Å². The Morgan fingerprint density at radius 3 is 3.00 bits per heavy atom. The van der Waals surface area contributed by atoms with Gasteiger partial charge in [-0.15, -0.1) is 0 Å². The van der Waals surface area contributed by atoms with Crippen LogP contribution in [-0.2, 0) is 20.8 Å². The van der Waals surface area contributed by atoms with Crippen LogP contribution < -0.4 is 0 Å². The maximum atomic E-state index is 10.7. The highest BCUT2D eigenvalue weighted by Gasteiger charge is 2.20. The zero-order chi connectivity index (χ0) is 14.5. The maximum Gasteiger partial charge on any atom is 0.313 e. The molecular weight excluding hydrogens is 280 g/mol. The number of aliphatic carboxylic acids is 1. The number of rotatable bonds is 6. The Morgan fingerprint density at radius 2 is 2.40 bits per heavy atom. The van der Waals surface area contributed by atoms with Crippen LogP contribution in [0.3, 0.4) is 0 Å². The average Bonchev–Trinajstić information content (AvgIpc) is 2.80. The third-order valence-corrected chi connectivity index (χ3v) is 4.01. The van der Waals surface area contributed by atoms with Gasteiger partial charge in [0.25, 0.3) is 0 Å². The van der Waals surface area contributed by atoms with Gasteiger partial charge >= 0.3 is 5.97 Å². The molecule has 20 heavy (non-hydrogen) atoms. The molecule has 112 valence electrons. The Hall–Kier alpha value is -1.05. The van der Waals surface area contributed by atoms with Crippen LogP contribution in [0.25, 0.3) is 0 Å². The molecule has 0 aromatic carbocycles. The van der Waals surface area contributed by atoms with Crippen molar-refractivity contribution in [2.75, 3.05) is 25.6 Å². The number of nitrogens with zero attached hydrogens (tertiary/aromatic N) is 2. The minimum absolute atomic E-state index is 0.000344. The lowest BCUT2D eigenvalue weighted by atomic mass is 10.1. The van der Waals surface area contributed by atoms with Gasteiger partial charge in [0.1, 0.15) is 0 Å². The zero-order valence-corrected chi connectivity index (χ0v) is 12.6. The molecule has 6 nitrogen and oxygen atoms in total. The Kier molecular flexibility index (Phi) is 5.45. The molecule has 0 amide bonds. The minimum atomic E-state index is -0.840. The van der Waals surface area contributed by atoms with E-state index >= 15 is 0 Å². The molecule has 1 aliphatic heterocycles. The Labute approximate surface area is 122 Å². The monoisotopic (exact) mass is 300 g/mol. The highest BCUT2D eigenvalue weighted by Crippen LogP contribution is 2.24. The lowest BCUT2D eigenvalue weighted by Crippen LogP contribution is -2.33. The van der Waals surface area contributed by atoms with E-state index < -0.39 is 5.97 Å². The van der Waals surface area contributed by atoms with E-state index in [9.17, 15) is 4.79 Å². The van der Waals surface area contributed by atoms with Gasteiger partial charge in [-0.2, -0.15) is 0 Å². The topological polar surface area (TPSA) is 73.6 Å². The third-order valence-electron chi connectivity index (χ3n) is 3.04. The van der Waals surface area contributed by atoms with Crippen molar-refractivity contribution in [2.45, 2.75) is 37.6 Å². The minimum Gasteiger partial charge on any atom is -0.481 e. The summed E-state index contributed by atoms with van der Waals surface area (Å²) in [5, 5.41) is 9.53. The fraction of sp³-hybridized carbons (Fsp3) is 0.692. The van der Waals surface area contributed by atoms with Crippen LogP contribution in [-0.4, -0.2) is 52.3 Å². The quantitative estimate of drug-likeness (QED) is 0.804. The molecule has 1 unspecified atom stereocenters. The Morgan fingerprint density at radius 1 is 1.60 bits per heavy atom. The van der Waals surface area contributed by atoms with Gasteiger partial charge in [-0.3, -0.25) is 4.79 Å². The van der Waals surface area contributed by atoms with Gasteiger partial charge in [0.2, 0.25) is 0 Å². The Bertz CT molecular complexity index is 455. The van der Waals surface area contributed by atoms with Crippen molar-refractivity contribution in [1.82, 2.24) is 9.55 Å². The summed E-state index contributed by atoms with van der Waals surface area (Å²) in [7, 11) is 0. The summed E-state index contributed by atoms with van der Waals surface area (Å²) in [4.78, 5) is 15.1. The number of aromatic nitrogens is 2. The number of hydrogen-bond acceptors (Lipinski definition) is 5. The van der Waals surface area contributed by atoms with E-state index in [0.29, 0.717) is 32.3 Å². The van der Waals surface area contributed by atoms with Gasteiger partial charge < -0.3 is 19.1 Å². The van der Waals surface area contributed by atoms with Crippen LogP contribution in [0.5, 0.6) is 0 Å². The Balaban J connectivity index is 2.12. The predicted molar refractivity (Wildman–Crippen MR) is 75.2 cm³/mol. The molecule has 1 saturated heterocycles. The molecule has 1 aromatic rings. The van der Waals surface area contributed by atoms with Crippen molar-refractivity contribution in [1.29, 1.82) is 0 Å². The van der Waals surface area contributed by atoms with Crippen molar-refractivity contribution >= 4 is 17.7 Å². The smallest absolute Gasteiger partial charge is 0.313 e. The fourth-order valence-corrected chi connectivity index (χ4v) is 2.82. The van der Waals surface area contributed by atoms with E-state index in [1.54, 1.807) is 0 Å². The van der Waals surface area contributed by atoms with Gasteiger partial charge in [-0.05, 0) is 5.92 Å². The highest BCUT2D eigenvalue weighted by molar-refractivity contribution is 7.99. The molecule has 1 aliphatic rings. The molecule has 0 spiro atoms. The number of imidazole rings is 1. The number of hydrogen-bond donors (Lipinski definition) is 1. The summed E-state index contributed by atoms with van der Waals surface area (Å²) in [6, 6.07) is 0. The molecule has 1 N–H and O–H groups in total. The fourth-order valence-electron chi connectivity index (χ4n) is 2.10. The predicted octanol–water partition coefficient (Wildman–Crippen LogP) is 1.60. The molecule has 7 heteroatoms. The van der Waals surface area contributed by atoms with E-state index in [1.165, 1.54) is 11.8 Å².